The first-order valence-electron chi connectivity index (χ1n) is 6.21. The van der Waals surface area contributed by atoms with Gasteiger partial charge in [-0.25, -0.2) is 0 Å². The molecular formula is C14H20BrNO. The topological polar surface area (TPSA) is 21.3 Å². The summed E-state index contributed by atoms with van der Waals surface area (Å²) in [4.78, 5) is 0. The monoisotopic (exact) mass is 297 g/mol. The summed E-state index contributed by atoms with van der Waals surface area (Å²) >= 11 is 3.43. The van der Waals surface area contributed by atoms with Crippen LogP contribution in [-0.2, 0) is 0 Å². The van der Waals surface area contributed by atoms with Gasteiger partial charge in [-0.1, -0.05) is 22.0 Å². The van der Waals surface area contributed by atoms with Crippen molar-refractivity contribution in [3.05, 3.63) is 28.7 Å². The van der Waals surface area contributed by atoms with Crippen molar-refractivity contribution in [1.29, 1.82) is 0 Å². The van der Waals surface area contributed by atoms with E-state index in [2.05, 4.69) is 35.1 Å². The van der Waals surface area contributed by atoms with Gasteiger partial charge in [0.1, 0.15) is 12.4 Å². The van der Waals surface area contributed by atoms with Crippen LogP contribution in [0.25, 0.3) is 0 Å². The van der Waals surface area contributed by atoms with E-state index in [0.29, 0.717) is 6.61 Å². The van der Waals surface area contributed by atoms with Crippen molar-refractivity contribution >= 4 is 15.9 Å². The standard InChI is InChI=1S/C14H20BrNO/c1-14(2,11-6-7-11)16-8-9-17-13-5-3-4-12(15)10-13/h3-5,10-11,16H,6-9H2,1-2H3. The minimum Gasteiger partial charge on any atom is -0.492 e. The largest absolute Gasteiger partial charge is 0.492 e. The SMILES string of the molecule is CC(C)(NCCOc1cccc(Br)c1)C1CC1. The van der Waals surface area contributed by atoms with Gasteiger partial charge in [0.15, 0.2) is 0 Å². The molecule has 0 unspecified atom stereocenters. The summed E-state index contributed by atoms with van der Waals surface area (Å²) in [6.07, 6.45) is 2.74. The summed E-state index contributed by atoms with van der Waals surface area (Å²) in [6, 6.07) is 7.96. The van der Waals surface area contributed by atoms with E-state index < -0.39 is 0 Å². The van der Waals surface area contributed by atoms with Crippen LogP contribution in [0.5, 0.6) is 5.75 Å². The van der Waals surface area contributed by atoms with E-state index in [0.717, 1.165) is 22.7 Å². The number of hydrogen-bond acceptors (Lipinski definition) is 2. The number of hydrogen-bond donors (Lipinski definition) is 1. The fourth-order valence-corrected chi connectivity index (χ4v) is 2.43. The van der Waals surface area contributed by atoms with Gasteiger partial charge in [-0.2, -0.15) is 0 Å². The van der Waals surface area contributed by atoms with Crippen molar-refractivity contribution in [3.63, 3.8) is 0 Å². The number of nitrogens with one attached hydrogen (secondary N) is 1. The normalized spacial score (nSPS) is 15.9. The Morgan fingerprint density at radius 3 is 2.82 bits per heavy atom. The highest BCUT2D eigenvalue weighted by Crippen LogP contribution is 2.38. The maximum atomic E-state index is 5.69. The summed E-state index contributed by atoms with van der Waals surface area (Å²) in [5.74, 6) is 1.78. The summed E-state index contributed by atoms with van der Waals surface area (Å²) in [6.45, 7) is 6.18. The Morgan fingerprint density at radius 1 is 1.41 bits per heavy atom. The summed E-state index contributed by atoms with van der Waals surface area (Å²) < 4.78 is 6.75. The minimum atomic E-state index is 0.265. The van der Waals surface area contributed by atoms with Gasteiger partial charge in [0.2, 0.25) is 0 Å². The quantitative estimate of drug-likeness (QED) is 0.810. The minimum absolute atomic E-state index is 0.265. The van der Waals surface area contributed by atoms with Crippen molar-refractivity contribution < 1.29 is 4.74 Å². The second-order valence-corrected chi connectivity index (χ2v) is 6.14. The molecule has 0 spiro atoms. The molecule has 0 atom stereocenters. The van der Waals surface area contributed by atoms with E-state index in [1.165, 1.54) is 12.8 Å². The highest BCUT2D eigenvalue weighted by atomic mass is 79.9. The molecule has 0 saturated heterocycles. The molecule has 3 heteroatoms. The average Bonchev–Trinajstić information content (AvgIpc) is 3.08. The Morgan fingerprint density at radius 2 is 2.18 bits per heavy atom. The molecule has 1 aromatic rings. The molecule has 0 bridgehead atoms. The molecule has 0 radical (unpaired) electrons. The van der Waals surface area contributed by atoms with Gasteiger partial charge in [-0.15, -0.1) is 0 Å². The third-order valence-corrected chi connectivity index (χ3v) is 3.84. The molecule has 0 aliphatic heterocycles. The first-order valence-corrected chi connectivity index (χ1v) is 7.00. The molecule has 0 aromatic heterocycles. The molecule has 2 rings (SSSR count). The molecule has 94 valence electrons. The van der Waals surface area contributed by atoms with E-state index in [1.807, 2.05) is 24.3 Å². The van der Waals surface area contributed by atoms with Crippen LogP contribution in [0.2, 0.25) is 0 Å². The predicted octanol–water partition coefficient (Wildman–Crippen LogP) is 3.61. The lowest BCUT2D eigenvalue weighted by Crippen LogP contribution is -2.43. The van der Waals surface area contributed by atoms with E-state index in [9.17, 15) is 0 Å². The van der Waals surface area contributed by atoms with Gasteiger partial charge in [0.25, 0.3) is 0 Å². The van der Waals surface area contributed by atoms with Crippen molar-refractivity contribution in [2.24, 2.45) is 5.92 Å². The van der Waals surface area contributed by atoms with Crippen LogP contribution in [0.3, 0.4) is 0 Å². The second kappa shape index (κ2) is 5.40. The number of benzene rings is 1. The van der Waals surface area contributed by atoms with Gasteiger partial charge >= 0.3 is 0 Å². The molecule has 0 amide bonds. The van der Waals surface area contributed by atoms with E-state index in [4.69, 9.17) is 4.74 Å². The Bertz CT molecular complexity index is 374. The van der Waals surface area contributed by atoms with Crippen LogP contribution in [0, 0.1) is 5.92 Å². The van der Waals surface area contributed by atoms with Crippen molar-refractivity contribution in [3.8, 4) is 5.75 Å². The third-order valence-electron chi connectivity index (χ3n) is 3.35. The van der Waals surface area contributed by atoms with Gasteiger partial charge in [-0.3, -0.25) is 0 Å². The van der Waals surface area contributed by atoms with E-state index in [1.54, 1.807) is 0 Å². The molecule has 17 heavy (non-hydrogen) atoms. The first kappa shape index (κ1) is 12.9. The van der Waals surface area contributed by atoms with Gasteiger partial charge in [0, 0.05) is 16.6 Å². The smallest absolute Gasteiger partial charge is 0.120 e. The number of halogens is 1. The van der Waals surface area contributed by atoms with Crippen molar-refractivity contribution in [1.82, 2.24) is 5.32 Å². The zero-order valence-electron chi connectivity index (χ0n) is 10.5. The Kier molecular flexibility index (Phi) is 4.10. The van der Waals surface area contributed by atoms with Crippen LogP contribution >= 0.6 is 15.9 Å². The lowest BCUT2D eigenvalue weighted by molar-refractivity contribution is 0.270. The van der Waals surface area contributed by atoms with Crippen molar-refractivity contribution in [2.45, 2.75) is 32.2 Å². The van der Waals surface area contributed by atoms with Crippen LogP contribution in [0.15, 0.2) is 28.7 Å². The highest BCUT2D eigenvalue weighted by molar-refractivity contribution is 9.10. The fraction of sp³-hybridized carbons (Fsp3) is 0.571. The third kappa shape index (κ3) is 4.00. The molecule has 1 aliphatic carbocycles. The maximum absolute atomic E-state index is 5.69. The Hall–Kier alpha value is -0.540. The molecule has 1 aliphatic rings. The lowest BCUT2D eigenvalue weighted by Gasteiger charge is -2.26. The Balaban J connectivity index is 1.69. The summed E-state index contributed by atoms with van der Waals surface area (Å²) in [5.41, 5.74) is 0.265. The average molecular weight is 298 g/mol. The van der Waals surface area contributed by atoms with E-state index >= 15 is 0 Å². The maximum Gasteiger partial charge on any atom is 0.120 e. The van der Waals surface area contributed by atoms with Crippen LogP contribution in [-0.4, -0.2) is 18.7 Å². The zero-order chi connectivity index (χ0) is 12.3. The van der Waals surface area contributed by atoms with Gasteiger partial charge < -0.3 is 10.1 Å². The zero-order valence-corrected chi connectivity index (χ0v) is 12.1. The van der Waals surface area contributed by atoms with Crippen LogP contribution in [0.4, 0.5) is 0 Å². The molecule has 1 saturated carbocycles. The molecule has 1 aromatic carbocycles. The predicted molar refractivity (Wildman–Crippen MR) is 74.4 cm³/mol. The first-order chi connectivity index (χ1) is 8.08. The fourth-order valence-electron chi connectivity index (χ4n) is 2.05. The summed E-state index contributed by atoms with van der Waals surface area (Å²) in [7, 11) is 0. The number of ether oxygens (including phenoxy) is 1. The highest BCUT2D eigenvalue weighted by Gasteiger charge is 2.36. The molecule has 1 N–H and O–H groups in total. The van der Waals surface area contributed by atoms with Crippen LogP contribution < -0.4 is 10.1 Å². The molecule has 0 heterocycles. The molecule has 2 nitrogen and oxygen atoms in total. The molecule has 1 fully saturated rings. The molecular weight excluding hydrogens is 278 g/mol. The van der Waals surface area contributed by atoms with E-state index in [-0.39, 0.29) is 5.54 Å². The van der Waals surface area contributed by atoms with Gasteiger partial charge in [0.05, 0.1) is 0 Å². The Labute approximate surface area is 112 Å². The van der Waals surface area contributed by atoms with Gasteiger partial charge in [-0.05, 0) is 50.8 Å². The second-order valence-electron chi connectivity index (χ2n) is 5.23. The van der Waals surface area contributed by atoms with Crippen molar-refractivity contribution in [2.75, 3.05) is 13.2 Å². The number of rotatable bonds is 6. The summed E-state index contributed by atoms with van der Waals surface area (Å²) in [5, 5.41) is 3.57. The lowest BCUT2D eigenvalue weighted by atomic mass is 9.99. The van der Waals surface area contributed by atoms with Crippen LogP contribution in [0.1, 0.15) is 26.7 Å².